The van der Waals surface area contributed by atoms with Crippen molar-refractivity contribution in [3.63, 3.8) is 0 Å². The van der Waals surface area contributed by atoms with Gasteiger partial charge in [0.2, 0.25) is 0 Å². The number of aromatic hydroxyl groups is 1. The number of rotatable bonds is 4. The van der Waals surface area contributed by atoms with Crippen molar-refractivity contribution in [2.45, 2.75) is 39.3 Å². The van der Waals surface area contributed by atoms with Gasteiger partial charge in [-0.3, -0.25) is 0 Å². The SMILES string of the molecule is CC(CNC(=O)OC(C)(C)C)Nc1cccc2c(O)cccc12. The number of hydrogen-bond donors (Lipinski definition) is 3. The van der Waals surface area contributed by atoms with Gasteiger partial charge in [0.15, 0.2) is 0 Å². The van der Waals surface area contributed by atoms with E-state index < -0.39 is 11.7 Å². The molecule has 5 heteroatoms. The molecule has 0 aliphatic carbocycles. The second-order valence-electron chi connectivity index (χ2n) is 6.61. The van der Waals surface area contributed by atoms with E-state index in [0.717, 1.165) is 16.5 Å². The van der Waals surface area contributed by atoms with E-state index in [2.05, 4.69) is 10.6 Å². The van der Waals surface area contributed by atoms with Crippen LogP contribution in [0.15, 0.2) is 36.4 Å². The van der Waals surface area contributed by atoms with Crippen LogP contribution < -0.4 is 10.6 Å². The lowest BCUT2D eigenvalue weighted by Gasteiger charge is -2.22. The summed E-state index contributed by atoms with van der Waals surface area (Å²) in [6.07, 6.45) is -0.429. The van der Waals surface area contributed by atoms with Gasteiger partial charge in [0, 0.05) is 29.0 Å². The number of anilines is 1. The number of amides is 1. The zero-order valence-corrected chi connectivity index (χ0v) is 14.0. The number of alkyl carbamates (subject to hydrolysis) is 1. The summed E-state index contributed by atoms with van der Waals surface area (Å²) in [5.41, 5.74) is 0.408. The predicted molar refractivity (Wildman–Crippen MR) is 92.9 cm³/mol. The van der Waals surface area contributed by atoms with Gasteiger partial charge in [-0.2, -0.15) is 0 Å². The normalized spacial score (nSPS) is 12.7. The van der Waals surface area contributed by atoms with E-state index in [0.29, 0.717) is 6.54 Å². The number of nitrogens with one attached hydrogen (secondary N) is 2. The van der Waals surface area contributed by atoms with Gasteiger partial charge < -0.3 is 20.5 Å². The van der Waals surface area contributed by atoms with Crippen LogP contribution in [0.4, 0.5) is 10.5 Å². The molecule has 1 unspecified atom stereocenters. The second kappa shape index (κ2) is 6.77. The van der Waals surface area contributed by atoms with E-state index in [4.69, 9.17) is 4.74 Å². The van der Waals surface area contributed by atoms with Crippen LogP contribution in [0, 0.1) is 0 Å². The number of fused-ring (bicyclic) bond motifs is 1. The zero-order chi connectivity index (χ0) is 17.0. The van der Waals surface area contributed by atoms with E-state index in [1.807, 2.05) is 58.0 Å². The first-order valence-corrected chi connectivity index (χ1v) is 7.70. The minimum Gasteiger partial charge on any atom is -0.507 e. The van der Waals surface area contributed by atoms with Crippen LogP contribution in [0.25, 0.3) is 10.8 Å². The maximum absolute atomic E-state index is 11.7. The summed E-state index contributed by atoms with van der Waals surface area (Å²) in [4.78, 5) is 11.7. The van der Waals surface area contributed by atoms with E-state index in [1.54, 1.807) is 6.07 Å². The van der Waals surface area contributed by atoms with Crippen molar-refractivity contribution in [3.8, 4) is 5.75 Å². The van der Waals surface area contributed by atoms with E-state index >= 15 is 0 Å². The van der Waals surface area contributed by atoms with Gasteiger partial charge >= 0.3 is 6.09 Å². The standard InChI is InChI=1S/C18H24N2O3/c1-12(11-19-17(22)23-18(2,3)4)20-15-9-5-8-14-13(15)7-6-10-16(14)21/h5-10,12,20-21H,11H2,1-4H3,(H,19,22). The molecule has 5 nitrogen and oxygen atoms in total. The van der Waals surface area contributed by atoms with Crippen LogP contribution in [0.1, 0.15) is 27.7 Å². The molecular formula is C18H24N2O3. The molecule has 0 bridgehead atoms. The molecule has 1 amide bonds. The van der Waals surface area contributed by atoms with Gasteiger partial charge in [-0.15, -0.1) is 0 Å². The maximum atomic E-state index is 11.7. The van der Waals surface area contributed by atoms with Gasteiger partial charge in [0.25, 0.3) is 0 Å². The summed E-state index contributed by atoms with van der Waals surface area (Å²) in [5, 5.41) is 17.7. The Morgan fingerprint density at radius 1 is 1.17 bits per heavy atom. The first-order chi connectivity index (χ1) is 10.8. The van der Waals surface area contributed by atoms with Crippen molar-refractivity contribution >= 4 is 22.6 Å². The highest BCUT2D eigenvalue weighted by atomic mass is 16.6. The zero-order valence-electron chi connectivity index (χ0n) is 14.0. The molecule has 0 heterocycles. The van der Waals surface area contributed by atoms with Gasteiger partial charge in [-0.1, -0.05) is 24.3 Å². The molecule has 3 N–H and O–H groups in total. The molecule has 0 spiro atoms. The molecular weight excluding hydrogens is 292 g/mol. The van der Waals surface area contributed by atoms with Crippen molar-refractivity contribution < 1.29 is 14.6 Å². The Bertz CT molecular complexity index is 692. The third kappa shape index (κ3) is 4.77. The van der Waals surface area contributed by atoms with Crippen LogP contribution in [0.3, 0.4) is 0 Å². The molecule has 0 fully saturated rings. The average molecular weight is 316 g/mol. The first-order valence-electron chi connectivity index (χ1n) is 7.70. The highest BCUT2D eigenvalue weighted by Gasteiger charge is 2.16. The third-order valence-electron chi connectivity index (χ3n) is 3.25. The minimum absolute atomic E-state index is 0.00969. The number of ether oxygens (including phenoxy) is 1. The lowest BCUT2D eigenvalue weighted by Crippen LogP contribution is -2.38. The molecule has 0 radical (unpaired) electrons. The predicted octanol–water partition coefficient (Wildman–Crippen LogP) is 3.87. The Morgan fingerprint density at radius 2 is 1.83 bits per heavy atom. The Balaban J connectivity index is 2.00. The molecule has 2 aromatic rings. The summed E-state index contributed by atoms with van der Waals surface area (Å²) >= 11 is 0. The van der Waals surface area contributed by atoms with Gasteiger partial charge in [-0.05, 0) is 39.8 Å². The lowest BCUT2D eigenvalue weighted by atomic mass is 10.1. The number of carbonyl (C=O) groups is 1. The van der Waals surface area contributed by atoms with Crippen LogP contribution in [0.5, 0.6) is 5.75 Å². The highest BCUT2D eigenvalue weighted by molar-refractivity contribution is 5.97. The third-order valence-corrected chi connectivity index (χ3v) is 3.25. The largest absolute Gasteiger partial charge is 0.507 e. The Morgan fingerprint density at radius 3 is 2.52 bits per heavy atom. The Hall–Kier alpha value is -2.43. The molecule has 0 saturated carbocycles. The molecule has 23 heavy (non-hydrogen) atoms. The van der Waals surface area contributed by atoms with E-state index in [9.17, 15) is 9.90 Å². The topological polar surface area (TPSA) is 70.6 Å². The summed E-state index contributed by atoms with van der Waals surface area (Å²) < 4.78 is 5.21. The lowest BCUT2D eigenvalue weighted by molar-refractivity contribution is 0.0526. The molecule has 0 aromatic heterocycles. The van der Waals surface area contributed by atoms with Crippen LogP contribution in [-0.4, -0.2) is 29.4 Å². The molecule has 124 valence electrons. The number of benzene rings is 2. The molecule has 2 rings (SSSR count). The van der Waals surface area contributed by atoms with Crippen molar-refractivity contribution in [3.05, 3.63) is 36.4 Å². The van der Waals surface area contributed by atoms with E-state index in [1.165, 1.54) is 0 Å². The highest BCUT2D eigenvalue weighted by Crippen LogP contribution is 2.30. The Labute approximate surface area is 136 Å². The fourth-order valence-electron chi connectivity index (χ4n) is 2.29. The van der Waals surface area contributed by atoms with Crippen molar-refractivity contribution in [1.82, 2.24) is 5.32 Å². The summed E-state index contributed by atoms with van der Waals surface area (Å²) in [7, 11) is 0. The smallest absolute Gasteiger partial charge is 0.407 e. The number of hydrogen-bond acceptors (Lipinski definition) is 4. The first kappa shape index (κ1) is 16.9. The monoisotopic (exact) mass is 316 g/mol. The average Bonchev–Trinajstić information content (AvgIpc) is 2.44. The summed E-state index contributed by atoms with van der Waals surface area (Å²) in [6, 6.07) is 11.1. The van der Waals surface area contributed by atoms with Crippen molar-refractivity contribution in [2.75, 3.05) is 11.9 Å². The number of phenols is 1. The van der Waals surface area contributed by atoms with Gasteiger partial charge in [0.05, 0.1) is 0 Å². The fourth-order valence-corrected chi connectivity index (χ4v) is 2.29. The van der Waals surface area contributed by atoms with Crippen LogP contribution in [-0.2, 0) is 4.74 Å². The fraction of sp³-hybridized carbons (Fsp3) is 0.389. The molecule has 1 atom stereocenters. The molecule has 0 aliphatic rings. The number of carbonyl (C=O) groups excluding carboxylic acids is 1. The van der Waals surface area contributed by atoms with E-state index in [-0.39, 0.29) is 11.8 Å². The quantitative estimate of drug-likeness (QED) is 0.801. The maximum Gasteiger partial charge on any atom is 0.407 e. The van der Waals surface area contributed by atoms with Gasteiger partial charge in [-0.25, -0.2) is 4.79 Å². The van der Waals surface area contributed by atoms with Crippen molar-refractivity contribution in [2.24, 2.45) is 0 Å². The number of phenolic OH excluding ortho intramolecular Hbond substituents is 1. The van der Waals surface area contributed by atoms with Crippen LogP contribution >= 0.6 is 0 Å². The molecule has 0 aliphatic heterocycles. The molecule has 0 saturated heterocycles. The van der Waals surface area contributed by atoms with Crippen molar-refractivity contribution in [1.29, 1.82) is 0 Å². The Kier molecular flexibility index (Phi) is 4.98. The van der Waals surface area contributed by atoms with Gasteiger partial charge in [0.1, 0.15) is 11.4 Å². The van der Waals surface area contributed by atoms with Crippen LogP contribution in [0.2, 0.25) is 0 Å². The second-order valence-corrected chi connectivity index (χ2v) is 6.61. The molecule has 2 aromatic carbocycles. The summed E-state index contributed by atoms with van der Waals surface area (Å²) in [6.45, 7) is 7.90. The minimum atomic E-state index is -0.506. The summed E-state index contributed by atoms with van der Waals surface area (Å²) in [5.74, 6) is 0.255.